The van der Waals surface area contributed by atoms with E-state index >= 15 is 0 Å². The van der Waals surface area contributed by atoms with Crippen molar-refractivity contribution in [1.29, 1.82) is 0 Å². The van der Waals surface area contributed by atoms with E-state index in [4.69, 9.17) is 0 Å². The summed E-state index contributed by atoms with van der Waals surface area (Å²) in [5.74, 6) is -0.0324. The van der Waals surface area contributed by atoms with E-state index in [-0.39, 0.29) is 35.7 Å². The standard InChI is InChI=1S/C12H21N3O2.ClH/c1-12(5-7-13-8-12)11(17)15-9-4-2-3-6-14-10(9)16;/h9,13H,2-8H2,1H3,(H,14,16)(H,15,17);1H. The van der Waals surface area contributed by atoms with Gasteiger partial charge in [0.2, 0.25) is 11.8 Å². The monoisotopic (exact) mass is 275 g/mol. The Hall–Kier alpha value is -0.810. The zero-order chi connectivity index (χ0) is 12.3. The summed E-state index contributed by atoms with van der Waals surface area (Å²) >= 11 is 0. The highest BCUT2D eigenvalue weighted by Gasteiger charge is 2.38. The van der Waals surface area contributed by atoms with Crippen LogP contribution in [0.3, 0.4) is 0 Å². The normalized spacial score (nSPS) is 32.1. The minimum atomic E-state index is -0.355. The van der Waals surface area contributed by atoms with Gasteiger partial charge in [-0.15, -0.1) is 12.4 Å². The Balaban J connectivity index is 0.00000162. The van der Waals surface area contributed by atoms with Crippen LogP contribution in [0, 0.1) is 5.41 Å². The Morgan fingerprint density at radius 3 is 2.83 bits per heavy atom. The number of hydrogen-bond donors (Lipinski definition) is 3. The molecule has 104 valence electrons. The summed E-state index contributed by atoms with van der Waals surface area (Å²) < 4.78 is 0. The molecule has 2 amide bonds. The van der Waals surface area contributed by atoms with E-state index < -0.39 is 0 Å². The number of halogens is 1. The molecule has 0 spiro atoms. The molecule has 0 aromatic carbocycles. The third-order valence-corrected chi connectivity index (χ3v) is 3.76. The van der Waals surface area contributed by atoms with E-state index in [1.54, 1.807) is 0 Å². The predicted molar refractivity (Wildman–Crippen MR) is 71.6 cm³/mol. The van der Waals surface area contributed by atoms with Crippen LogP contribution in [0.25, 0.3) is 0 Å². The SMILES string of the molecule is CC1(C(=O)NC2CCCCNC2=O)CCNC1.Cl. The van der Waals surface area contributed by atoms with Crippen LogP contribution < -0.4 is 16.0 Å². The fourth-order valence-corrected chi connectivity index (χ4v) is 2.42. The minimum absolute atomic E-state index is 0. The topological polar surface area (TPSA) is 70.2 Å². The van der Waals surface area contributed by atoms with Gasteiger partial charge in [0.25, 0.3) is 0 Å². The van der Waals surface area contributed by atoms with E-state index in [0.29, 0.717) is 6.54 Å². The van der Waals surface area contributed by atoms with E-state index in [1.807, 2.05) is 6.92 Å². The summed E-state index contributed by atoms with van der Waals surface area (Å²) in [6.45, 7) is 4.26. The van der Waals surface area contributed by atoms with Crippen LogP contribution in [0.5, 0.6) is 0 Å². The maximum Gasteiger partial charge on any atom is 0.242 e. The Kier molecular flexibility index (Phi) is 5.41. The fraction of sp³-hybridized carbons (Fsp3) is 0.833. The summed E-state index contributed by atoms with van der Waals surface area (Å²) in [7, 11) is 0. The van der Waals surface area contributed by atoms with Crippen molar-refractivity contribution in [1.82, 2.24) is 16.0 Å². The molecule has 5 nitrogen and oxygen atoms in total. The number of carbonyl (C=O) groups excluding carboxylic acids is 2. The molecule has 2 aliphatic heterocycles. The third-order valence-electron chi connectivity index (χ3n) is 3.76. The van der Waals surface area contributed by atoms with Crippen LogP contribution in [-0.4, -0.2) is 37.5 Å². The van der Waals surface area contributed by atoms with Crippen molar-refractivity contribution in [2.75, 3.05) is 19.6 Å². The first-order valence-electron chi connectivity index (χ1n) is 6.41. The van der Waals surface area contributed by atoms with Crippen molar-refractivity contribution in [3.8, 4) is 0 Å². The van der Waals surface area contributed by atoms with E-state index in [1.165, 1.54) is 0 Å². The van der Waals surface area contributed by atoms with Crippen molar-refractivity contribution in [2.24, 2.45) is 5.41 Å². The molecule has 0 aromatic rings. The number of amides is 2. The Labute approximate surface area is 114 Å². The van der Waals surface area contributed by atoms with Crippen molar-refractivity contribution >= 4 is 24.2 Å². The van der Waals surface area contributed by atoms with Gasteiger partial charge in [0.05, 0.1) is 5.41 Å². The van der Waals surface area contributed by atoms with E-state index in [0.717, 1.165) is 38.8 Å². The molecule has 0 aliphatic carbocycles. The zero-order valence-electron chi connectivity index (χ0n) is 10.8. The van der Waals surface area contributed by atoms with Crippen molar-refractivity contribution in [2.45, 2.75) is 38.6 Å². The lowest BCUT2D eigenvalue weighted by molar-refractivity contribution is -0.133. The average Bonchev–Trinajstić information content (AvgIpc) is 2.65. The quantitative estimate of drug-likeness (QED) is 0.674. The van der Waals surface area contributed by atoms with E-state index in [9.17, 15) is 9.59 Å². The molecule has 0 bridgehead atoms. The molecule has 2 heterocycles. The number of rotatable bonds is 2. The van der Waals surface area contributed by atoms with Crippen LogP contribution in [0.4, 0.5) is 0 Å². The van der Waals surface area contributed by atoms with Crippen LogP contribution in [0.15, 0.2) is 0 Å². The van der Waals surface area contributed by atoms with Crippen molar-refractivity contribution in [3.05, 3.63) is 0 Å². The molecular formula is C12H22ClN3O2. The van der Waals surface area contributed by atoms with Crippen LogP contribution in [0.1, 0.15) is 32.6 Å². The zero-order valence-corrected chi connectivity index (χ0v) is 11.6. The molecule has 2 aliphatic rings. The van der Waals surface area contributed by atoms with Gasteiger partial charge < -0.3 is 16.0 Å². The Morgan fingerprint density at radius 1 is 1.39 bits per heavy atom. The largest absolute Gasteiger partial charge is 0.354 e. The summed E-state index contributed by atoms with van der Waals surface area (Å²) in [5.41, 5.74) is -0.355. The first-order valence-corrected chi connectivity index (χ1v) is 6.41. The lowest BCUT2D eigenvalue weighted by atomic mass is 9.88. The number of hydrogen-bond acceptors (Lipinski definition) is 3. The summed E-state index contributed by atoms with van der Waals surface area (Å²) in [6, 6.07) is -0.345. The van der Waals surface area contributed by atoms with Gasteiger partial charge in [-0.1, -0.05) is 0 Å². The molecule has 2 rings (SSSR count). The van der Waals surface area contributed by atoms with Gasteiger partial charge in [0.15, 0.2) is 0 Å². The van der Waals surface area contributed by atoms with Gasteiger partial charge in [-0.05, 0) is 39.2 Å². The number of carbonyl (C=O) groups is 2. The molecule has 0 saturated carbocycles. The fourth-order valence-electron chi connectivity index (χ4n) is 2.42. The second kappa shape index (κ2) is 6.38. The van der Waals surface area contributed by atoms with Gasteiger partial charge in [-0.2, -0.15) is 0 Å². The molecule has 2 atom stereocenters. The summed E-state index contributed by atoms with van der Waals surface area (Å²) in [4.78, 5) is 23.9. The van der Waals surface area contributed by atoms with Crippen molar-refractivity contribution < 1.29 is 9.59 Å². The highest BCUT2D eigenvalue weighted by molar-refractivity contribution is 5.90. The Morgan fingerprint density at radius 2 is 2.17 bits per heavy atom. The van der Waals surface area contributed by atoms with E-state index in [2.05, 4.69) is 16.0 Å². The van der Waals surface area contributed by atoms with Gasteiger partial charge >= 0.3 is 0 Å². The molecule has 0 aromatic heterocycles. The molecule has 2 saturated heterocycles. The first kappa shape index (κ1) is 15.2. The highest BCUT2D eigenvalue weighted by atomic mass is 35.5. The van der Waals surface area contributed by atoms with Gasteiger partial charge in [0.1, 0.15) is 6.04 Å². The second-order valence-electron chi connectivity index (χ2n) is 5.30. The minimum Gasteiger partial charge on any atom is -0.354 e. The summed E-state index contributed by atoms with van der Waals surface area (Å²) in [5, 5.41) is 8.93. The second-order valence-corrected chi connectivity index (χ2v) is 5.30. The molecule has 0 radical (unpaired) electrons. The summed E-state index contributed by atoms with van der Waals surface area (Å²) in [6.07, 6.45) is 3.57. The lowest BCUT2D eigenvalue weighted by Crippen LogP contribution is -2.50. The van der Waals surface area contributed by atoms with Gasteiger partial charge in [-0.25, -0.2) is 0 Å². The van der Waals surface area contributed by atoms with Crippen LogP contribution >= 0.6 is 12.4 Å². The molecule has 18 heavy (non-hydrogen) atoms. The number of nitrogens with one attached hydrogen (secondary N) is 3. The van der Waals surface area contributed by atoms with Crippen LogP contribution in [-0.2, 0) is 9.59 Å². The van der Waals surface area contributed by atoms with Gasteiger partial charge in [-0.3, -0.25) is 9.59 Å². The molecular weight excluding hydrogens is 254 g/mol. The molecule has 3 N–H and O–H groups in total. The van der Waals surface area contributed by atoms with Gasteiger partial charge in [0, 0.05) is 13.1 Å². The molecule has 2 unspecified atom stereocenters. The third kappa shape index (κ3) is 3.36. The smallest absolute Gasteiger partial charge is 0.242 e. The van der Waals surface area contributed by atoms with Crippen molar-refractivity contribution in [3.63, 3.8) is 0 Å². The molecule has 6 heteroatoms. The average molecular weight is 276 g/mol. The molecule has 2 fully saturated rings. The predicted octanol–water partition coefficient (Wildman–Crippen LogP) is 0.193. The Bertz CT molecular complexity index is 316. The van der Waals surface area contributed by atoms with Crippen LogP contribution in [0.2, 0.25) is 0 Å². The first-order chi connectivity index (χ1) is 8.12. The highest BCUT2D eigenvalue weighted by Crippen LogP contribution is 2.25. The lowest BCUT2D eigenvalue weighted by Gasteiger charge is -2.24. The maximum atomic E-state index is 12.2. The maximum absolute atomic E-state index is 12.2.